The lowest BCUT2D eigenvalue weighted by Crippen LogP contribution is -2.30. The molecule has 1 aliphatic carbocycles. The molecular weight excluding hydrogens is 228 g/mol. The molecular formula is C11H15ClN2O2. The van der Waals surface area contributed by atoms with Crippen molar-refractivity contribution in [3.05, 3.63) is 17.5 Å². The van der Waals surface area contributed by atoms with Crippen molar-refractivity contribution in [2.75, 3.05) is 12.4 Å². The fourth-order valence-corrected chi connectivity index (χ4v) is 2.13. The van der Waals surface area contributed by atoms with Crippen LogP contribution in [0.15, 0.2) is 10.6 Å². The van der Waals surface area contributed by atoms with Crippen LogP contribution < -0.4 is 5.32 Å². The molecule has 4 nitrogen and oxygen atoms in total. The Kier molecular flexibility index (Phi) is 3.19. The van der Waals surface area contributed by atoms with Gasteiger partial charge in [0.05, 0.1) is 0 Å². The molecule has 2 rings (SSSR count). The third kappa shape index (κ3) is 2.55. The maximum Gasteiger partial charge on any atom is 0.273 e. The number of amides is 1. The topological polar surface area (TPSA) is 55.1 Å². The van der Waals surface area contributed by atoms with Crippen LogP contribution in [0.4, 0.5) is 0 Å². The predicted molar refractivity (Wildman–Crippen MR) is 60.6 cm³/mol. The average molecular weight is 243 g/mol. The van der Waals surface area contributed by atoms with E-state index in [2.05, 4.69) is 10.5 Å². The van der Waals surface area contributed by atoms with Crippen molar-refractivity contribution >= 4 is 17.5 Å². The van der Waals surface area contributed by atoms with Crippen LogP contribution in [0, 0.1) is 12.3 Å². The van der Waals surface area contributed by atoms with Crippen LogP contribution in [0.2, 0.25) is 0 Å². The Morgan fingerprint density at radius 2 is 2.44 bits per heavy atom. The zero-order valence-corrected chi connectivity index (χ0v) is 10.0. The van der Waals surface area contributed by atoms with Crippen molar-refractivity contribution in [2.45, 2.75) is 26.2 Å². The highest BCUT2D eigenvalue weighted by Gasteiger charge is 2.41. The van der Waals surface area contributed by atoms with Crippen LogP contribution in [-0.2, 0) is 0 Å². The second-order valence-corrected chi connectivity index (χ2v) is 4.82. The van der Waals surface area contributed by atoms with Gasteiger partial charge in [-0.2, -0.15) is 0 Å². The molecule has 0 unspecified atom stereocenters. The van der Waals surface area contributed by atoms with Crippen molar-refractivity contribution in [1.29, 1.82) is 0 Å². The van der Waals surface area contributed by atoms with Crippen molar-refractivity contribution in [3.63, 3.8) is 0 Å². The number of halogens is 1. The summed E-state index contributed by atoms with van der Waals surface area (Å²) in [5.41, 5.74) is 0.593. The molecule has 0 spiro atoms. The maximum atomic E-state index is 11.7. The minimum absolute atomic E-state index is 0.169. The van der Waals surface area contributed by atoms with Gasteiger partial charge in [-0.1, -0.05) is 5.16 Å². The molecule has 1 N–H and O–H groups in total. The number of hydrogen-bond donors (Lipinski definition) is 1. The van der Waals surface area contributed by atoms with Gasteiger partial charge in [0.2, 0.25) is 0 Å². The minimum Gasteiger partial charge on any atom is -0.361 e. The Bertz CT molecular complexity index is 385. The quantitative estimate of drug-likeness (QED) is 0.805. The van der Waals surface area contributed by atoms with E-state index in [1.54, 1.807) is 13.0 Å². The van der Waals surface area contributed by atoms with Crippen molar-refractivity contribution in [1.82, 2.24) is 10.5 Å². The molecule has 1 aromatic heterocycles. The van der Waals surface area contributed by atoms with E-state index >= 15 is 0 Å². The van der Waals surface area contributed by atoms with Gasteiger partial charge in [-0.3, -0.25) is 4.79 Å². The lowest BCUT2D eigenvalue weighted by atomic mass is 10.0. The van der Waals surface area contributed by atoms with Crippen molar-refractivity contribution < 1.29 is 9.32 Å². The van der Waals surface area contributed by atoms with Gasteiger partial charge in [-0.15, -0.1) is 11.6 Å². The Labute approximate surface area is 99.3 Å². The van der Waals surface area contributed by atoms with Crippen LogP contribution in [-0.4, -0.2) is 23.5 Å². The van der Waals surface area contributed by atoms with Crippen LogP contribution in [0.3, 0.4) is 0 Å². The minimum atomic E-state index is -0.169. The van der Waals surface area contributed by atoms with Gasteiger partial charge in [-0.05, 0) is 31.6 Å². The summed E-state index contributed by atoms with van der Waals surface area (Å²) >= 11 is 5.72. The standard InChI is InChI=1S/C11H15ClN2O2/c1-8-6-9(14-16-8)10(15)13-7-11(2-3-11)4-5-12/h6H,2-5,7H2,1H3,(H,13,15). The lowest BCUT2D eigenvalue weighted by Gasteiger charge is -2.13. The molecule has 0 bridgehead atoms. The molecule has 0 aromatic carbocycles. The van der Waals surface area contributed by atoms with Crippen LogP contribution >= 0.6 is 11.6 Å². The number of carbonyl (C=O) groups excluding carboxylic acids is 1. The number of rotatable bonds is 5. The summed E-state index contributed by atoms with van der Waals surface area (Å²) < 4.78 is 4.85. The summed E-state index contributed by atoms with van der Waals surface area (Å²) in [7, 11) is 0. The molecule has 88 valence electrons. The molecule has 1 aromatic rings. The maximum absolute atomic E-state index is 11.7. The van der Waals surface area contributed by atoms with Gasteiger partial charge in [0, 0.05) is 18.5 Å². The van der Waals surface area contributed by atoms with Gasteiger partial charge in [-0.25, -0.2) is 0 Å². The van der Waals surface area contributed by atoms with Gasteiger partial charge in [0.25, 0.3) is 5.91 Å². The van der Waals surface area contributed by atoms with Crippen molar-refractivity contribution in [3.8, 4) is 0 Å². The monoisotopic (exact) mass is 242 g/mol. The first-order valence-electron chi connectivity index (χ1n) is 5.43. The fourth-order valence-electron chi connectivity index (χ4n) is 1.72. The van der Waals surface area contributed by atoms with Crippen LogP contribution in [0.5, 0.6) is 0 Å². The van der Waals surface area contributed by atoms with E-state index in [1.165, 1.54) is 0 Å². The molecule has 0 saturated heterocycles. The third-order valence-electron chi connectivity index (χ3n) is 3.07. The Balaban J connectivity index is 1.84. The Morgan fingerprint density at radius 3 is 2.94 bits per heavy atom. The number of nitrogens with one attached hydrogen (secondary N) is 1. The van der Waals surface area contributed by atoms with Crippen LogP contribution in [0.1, 0.15) is 35.5 Å². The average Bonchev–Trinajstić information content (AvgIpc) is 2.89. The van der Waals surface area contributed by atoms with E-state index in [-0.39, 0.29) is 11.3 Å². The number of hydrogen-bond acceptors (Lipinski definition) is 3. The zero-order chi connectivity index (χ0) is 11.6. The highest BCUT2D eigenvalue weighted by molar-refractivity contribution is 6.17. The Hall–Kier alpha value is -1.03. The summed E-state index contributed by atoms with van der Waals surface area (Å²) in [6.07, 6.45) is 3.27. The molecule has 0 radical (unpaired) electrons. The summed E-state index contributed by atoms with van der Waals surface area (Å²) in [6.45, 7) is 2.45. The fraction of sp³-hybridized carbons (Fsp3) is 0.636. The first-order valence-corrected chi connectivity index (χ1v) is 5.96. The van der Waals surface area contributed by atoms with E-state index in [0.29, 0.717) is 23.9 Å². The molecule has 1 amide bonds. The van der Waals surface area contributed by atoms with E-state index < -0.39 is 0 Å². The number of nitrogens with zero attached hydrogens (tertiary/aromatic N) is 1. The number of carbonyl (C=O) groups is 1. The molecule has 1 heterocycles. The summed E-state index contributed by atoms with van der Waals surface area (Å²) in [4.78, 5) is 11.7. The predicted octanol–water partition coefficient (Wildman–Crippen LogP) is 2.12. The van der Waals surface area contributed by atoms with Crippen molar-refractivity contribution in [2.24, 2.45) is 5.41 Å². The molecule has 0 aliphatic heterocycles. The molecule has 0 atom stereocenters. The molecule has 1 saturated carbocycles. The number of aromatic nitrogens is 1. The van der Waals surface area contributed by atoms with Gasteiger partial charge < -0.3 is 9.84 Å². The van der Waals surface area contributed by atoms with Gasteiger partial charge >= 0.3 is 0 Å². The molecule has 1 aliphatic rings. The summed E-state index contributed by atoms with van der Waals surface area (Å²) in [5, 5.41) is 6.55. The van der Waals surface area contributed by atoms with E-state index in [0.717, 1.165) is 19.3 Å². The lowest BCUT2D eigenvalue weighted by molar-refractivity contribution is 0.0935. The largest absolute Gasteiger partial charge is 0.361 e. The van der Waals surface area contributed by atoms with Crippen LogP contribution in [0.25, 0.3) is 0 Å². The normalized spacial score (nSPS) is 17.1. The zero-order valence-electron chi connectivity index (χ0n) is 9.25. The first kappa shape index (κ1) is 11.5. The SMILES string of the molecule is Cc1cc(C(=O)NCC2(CCCl)CC2)no1. The van der Waals surface area contributed by atoms with E-state index in [4.69, 9.17) is 16.1 Å². The van der Waals surface area contributed by atoms with E-state index in [9.17, 15) is 4.79 Å². The number of alkyl halides is 1. The second kappa shape index (κ2) is 4.45. The molecule has 1 fully saturated rings. The highest BCUT2D eigenvalue weighted by atomic mass is 35.5. The molecule has 5 heteroatoms. The smallest absolute Gasteiger partial charge is 0.273 e. The third-order valence-corrected chi connectivity index (χ3v) is 3.26. The summed E-state index contributed by atoms with van der Waals surface area (Å²) in [5.74, 6) is 1.13. The second-order valence-electron chi connectivity index (χ2n) is 4.44. The van der Waals surface area contributed by atoms with E-state index in [1.807, 2.05) is 0 Å². The first-order chi connectivity index (χ1) is 7.65. The number of aryl methyl sites for hydroxylation is 1. The van der Waals surface area contributed by atoms with Gasteiger partial charge in [0.1, 0.15) is 5.76 Å². The van der Waals surface area contributed by atoms with Gasteiger partial charge in [0.15, 0.2) is 5.69 Å². The Morgan fingerprint density at radius 1 is 1.69 bits per heavy atom. The summed E-state index contributed by atoms with van der Waals surface area (Å²) in [6, 6.07) is 1.64. The highest BCUT2D eigenvalue weighted by Crippen LogP contribution is 2.48. The molecule has 16 heavy (non-hydrogen) atoms.